The molecule has 4 atom stereocenters. The van der Waals surface area contributed by atoms with Crippen molar-refractivity contribution in [1.29, 1.82) is 0 Å². The van der Waals surface area contributed by atoms with E-state index < -0.39 is 6.10 Å². The number of phenols is 1. The predicted octanol–water partition coefficient (Wildman–Crippen LogP) is 4.18. The molecular weight excluding hydrogens is 334 g/mol. The lowest BCUT2D eigenvalue weighted by Gasteiger charge is -2.59. The van der Waals surface area contributed by atoms with Crippen LogP contribution in [-0.4, -0.2) is 34.2 Å². The number of hydrogen-bond donors (Lipinski definition) is 2. The number of rotatable bonds is 3. The average molecular weight is 364 g/mol. The van der Waals surface area contributed by atoms with Crippen molar-refractivity contribution in [2.75, 3.05) is 13.1 Å². The van der Waals surface area contributed by atoms with Crippen molar-refractivity contribution in [2.45, 2.75) is 56.1 Å². The number of phenolic OH excluding ortho intramolecular Hbond substituents is 1. The lowest BCUT2D eigenvalue weighted by molar-refractivity contribution is -0.0476. The first kappa shape index (κ1) is 17.3. The summed E-state index contributed by atoms with van der Waals surface area (Å²) in [6.07, 6.45) is 6.18. The summed E-state index contributed by atoms with van der Waals surface area (Å²) in [7, 11) is 0. The minimum atomic E-state index is -0.533. The second-order valence-electron chi connectivity index (χ2n) is 8.73. The summed E-state index contributed by atoms with van der Waals surface area (Å²) in [5.41, 5.74) is 3.61. The van der Waals surface area contributed by atoms with Crippen LogP contribution in [0.5, 0.6) is 5.75 Å². The lowest BCUT2D eigenvalue weighted by Crippen LogP contribution is -2.60. The van der Waals surface area contributed by atoms with Crippen molar-refractivity contribution in [1.82, 2.24) is 4.90 Å². The molecule has 0 aromatic heterocycles. The van der Waals surface area contributed by atoms with Crippen LogP contribution in [0.15, 0.2) is 48.5 Å². The Morgan fingerprint density at radius 2 is 1.89 bits per heavy atom. The number of aromatic hydroxyl groups is 1. The van der Waals surface area contributed by atoms with E-state index in [1.165, 1.54) is 30.4 Å². The van der Waals surface area contributed by atoms with Gasteiger partial charge in [0, 0.05) is 23.6 Å². The molecule has 3 nitrogen and oxygen atoms in total. The molecule has 0 unspecified atom stereocenters. The monoisotopic (exact) mass is 363 g/mol. The van der Waals surface area contributed by atoms with E-state index in [-0.39, 0.29) is 11.2 Å². The Labute approximate surface area is 161 Å². The zero-order chi connectivity index (χ0) is 18.4. The van der Waals surface area contributed by atoms with Gasteiger partial charge in [0.1, 0.15) is 5.75 Å². The third-order valence-electron chi connectivity index (χ3n) is 7.57. The summed E-state index contributed by atoms with van der Waals surface area (Å²) in [4.78, 5) is 2.69. The zero-order valence-corrected chi connectivity index (χ0v) is 15.8. The van der Waals surface area contributed by atoms with Crippen LogP contribution in [0, 0.1) is 5.92 Å². The molecule has 1 saturated carbocycles. The van der Waals surface area contributed by atoms with Gasteiger partial charge in [-0.25, -0.2) is 0 Å². The third kappa shape index (κ3) is 2.71. The fraction of sp³-hybridized carbons (Fsp3) is 0.500. The van der Waals surface area contributed by atoms with Crippen LogP contribution in [0.3, 0.4) is 0 Å². The van der Waals surface area contributed by atoms with Gasteiger partial charge in [-0.3, -0.25) is 4.90 Å². The molecule has 5 rings (SSSR count). The van der Waals surface area contributed by atoms with Gasteiger partial charge in [-0.05, 0) is 61.8 Å². The van der Waals surface area contributed by atoms with Crippen LogP contribution < -0.4 is 0 Å². The molecule has 2 fully saturated rings. The van der Waals surface area contributed by atoms with Crippen molar-refractivity contribution in [3.05, 3.63) is 65.2 Å². The molecule has 2 bridgehead atoms. The van der Waals surface area contributed by atoms with E-state index in [4.69, 9.17) is 0 Å². The predicted molar refractivity (Wildman–Crippen MR) is 107 cm³/mol. The van der Waals surface area contributed by atoms with Crippen molar-refractivity contribution in [3.8, 4) is 5.75 Å². The topological polar surface area (TPSA) is 43.7 Å². The van der Waals surface area contributed by atoms with Gasteiger partial charge in [-0.15, -0.1) is 0 Å². The second-order valence-corrected chi connectivity index (χ2v) is 8.73. The summed E-state index contributed by atoms with van der Waals surface area (Å²) in [5.74, 6) is 0.779. The normalized spacial score (nSPS) is 32.6. The van der Waals surface area contributed by atoms with E-state index in [1.54, 1.807) is 6.07 Å². The Bertz CT molecular complexity index is 820. The van der Waals surface area contributed by atoms with Crippen molar-refractivity contribution >= 4 is 0 Å². The number of likely N-dealkylation sites (tertiary alicyclic amines) is 1. The Balaban J connectivity index is 1.44. The average Bonchev–Trinajstić information content (AvgIpc) is 2.68. The van der Waals surface area contributed by atoms with Crippen molar-refractivity contribution in [2.24, 2.45) is 5.92 Å². The summed E-state index contributed by atoms with van der Waals surface area (Å²) >= 11 is 0. The summed E-state index contributed by atoms with van der Waals surface area (Å²) in [6.45, 7) is 2.23. The van der Waals surface area contributed by atoms with Gasteiger partial charge in [0.05, 0.1) is 6.10 Å². The SMILES string of the molecule is Oc1cccc2c1[C@@H](O)C[C@@H]1[C@@H]3CCC[C@]21CCN3CCc1ccccc1. The minimum absolute atomic E-state index is 0.152. The smallest absolute Gasteiger partial charge is 0.121 e. The molecule has 1 saturated heterocycles. The number of piperidine rings is 1. The number of fused-ring (bicyclic) bond motifs is 1. The lowest BCUT2D eigenvalue weighted by atomic mass is 9.52. The van der Waals surface area contributed by atoms with Crippen molar-refractivity contribution < 1.29 is 10.2 Å². The highest BCUT2D eigenvalue weighted by Gasteiger charge is 2.55. The van der Waals surface area contributed by atoms with Gasteiger partial charge in [0.25, 0.3) is 0 Å². The van der Waals surface area contributed by atoms with E-state index in [0.29, 0.717) is 12.0 Å². The van der Waals surface area contributed by atoms with Crippen LogP contribution in [0.25, 0.3) is 0 Å². The number of aliphatic hydroxyl groups is 1. The number of hydrogen-bond acceptors (Lipinski definition) is 3. The highest BCUT2D eigenvalue weighted by atomic mass is 16.3. The molecule has 2 aromatic carbocycles. The maximum Gasteiger partial charge on any atom is 0.121 e. The number of aliphatic hydroxyl groups excluding tert-OH is 1. The summed E-state index contributed by atoms with van der Waals surface area (Å²) < 4.78 is 0. The zero-order valence-electron chi connectivity index (χ0n) is 15.8. The van der Waals surface area contributed by atoms with Gasteiger partial charge in [0.2, 0.25) is 0 Å². The van der Waals surface area contributed by atoms with E-state index >= 15 is 0 Å². The standard InChI is InChI=1S/C24H29NO2/c26-21-10-4-8-18-23(21)22(27)16-19-20-9-5-12-24(18,19)13-15-25(20)14-11-17-6-2-1-3-7-17/h1-4,6-8,10,19-20,22,26-27H,5,9,11-16H2/t19-,20+,22+,24+/m1/s1. The van der Waals surface area contributed by atoms with Crippen LogP contribution >= 0.6 is 0 Å². The van der Waals surface area contributed by atoms with Gasteiger partial charge in [0.15, 0.2) is 0 Å². The van der Waals surface area contributed by atoms with Crippen molar-refractivity contribution in [3.63, 3.8) is 0 Å². The largest absolute Gasteiger partial charge is 0.508 e. The third-order valence-corrected chi connectivity index (χ3v) is 7.57. The molecule has 1 heterocycles. The van der Waals surface area contributed by atoms with Crippen LogP contribution in [-0.2, 0) is 11.8 Å². The maximum atomic E-state index is 10.8. The van der Waals surface area contributed by atoms with Gasteiger partial charge < -0.3 is 10.2 Å². The first-order valence-electron chi connectivity index (χ1n) is 10.5. The van der Waals surface area contributed by atoms with Crippen LogP contribution in [0.2, 0.25) is 0 Å². The van der Waals surface area contributed by atoms with Crippen LogP contribution in [0.1, 0.15) is 54.9 Å². The fourth-order valence-corrected chi connectivity index (χ4v) is 6.38. The molecule has 27 heavy (non-hydrogen) atoms. The maximum absolute atomic E-state index is 10.8. The molecule has 2 aromatic rings. The van der Waals surface area contributed by atoms with Gasteiger partial charge in [-0.1, -0.05) is 48.9 Å². The molecule has 0 radical (unpaired) electrons. The fourth-order valence-electron chi connectivity index (χ4n) is 6.38. The molecule has 2 aliphatic carbocycles. The van der Waals surface area contributed by atoms with E-state index in [9.17, 15) is 10.2 Å². The quantitative estimate of drug-likeness (QED) is 0.860. The highest BCUT2D eigenvalue weighted by molar-refractivity contribution is 5.48. The molecular formula is C24H29NO2. The number of nitrogens with zero attached hydrogens (tertiary/aromatic N) is 1. The first-order valence-corrected chi connectivity index (χ1v) is 10.5. The van der Waals surface area contributed by atoms with E-state index in [1.807, 2.05) is 6.07 Å². The summed E-state index contributed by atoms with van der Waals surface area (Å²) in [6, 6.07) is 17.2. The summed E-state index contributed by atoms with van der Waals surface area (Å²) in [5, 5.41) is 21.3. The first-order chi connectivity index (χ1) is 13.2. The Kier molecular flexibility index (Phi) is 4.25. The molecule has 1 aliphatic heterocycles. The molecule has 2 N–H and O–H groups in total. The van der Waals surface area contributed by atoms with Gasteiger partial charge >= 0.3 is 0 Å². The van der Waals surface area contributed by atoms with Crippen LogP contribution in [0.4, 0.5) is 0 Å². The second kappa shape index (κ2) is 6.65. The Morgan fingerprint density at radius 1 is 1.04 bits per heavy atom. The highest BCUT2D eigenvalue weighted by Crippen LogP contribution is 2.59. The van der Waals surface area contributed by atoms with E-state index in [2.05, 4.69) is 41.3 Å². The number of benzene rings is 2. The Hall–Kier alpha value is -1.84. The molecule has 3 heteroatoms. The van der Waals surface area contributed by atoms with Gasteiger partial charge in [-0.2, -0.15) is 0 Å². The molecule has 0 spiro atoms. The molecule has 142 valence electrons. The minimum Gasteiger partial charge on any atom is -0.508 e. The molecule has 3 aliphatic rings. The van der Waals surface area contributed by atoms with E-state index in [0.717, 1.165) is 37.9 Å². The Morgan fingerprint density at radius 3 is 2.74 bits per heavy atom. The molecule has 0 amide bonds.